The molecule has 0 aromatic heterocycles. The molecule has 0 amide bonds. The highest BCUT2D eigenvalue weighted by atomic mass is 35.5. The summed E-state index contributed by atoms with van der Waals surface area (Å²) < 4.78 is 10.6. The summed E-state index contributed by atoms with van der Waals surface area (Å²) in [6.45, 7) is 2.54. The normalized spacial score (nSPS) is 15.5. The van der Waals surface area contributed by atoms with E-state index in [9.17, 15) is 4.79 Å². The minimum Gasteiger partial charge on any atom is -0.494 e. The Morgan fingerprint density at radius 1 is 1.17 bits per heavy atom. The fourth-order valence-corrected chi connectivity index (χ4v) is 2.36. The molecular formula is C18H14ClNO3. The van der Waals surface area contributed by atoms with Crippen LogP contribution in [0.15, 0.2) is 59.2 Å². The van der Waals surface area contributed by atoms with Crippen LogP contribution in [-0.4, -0.2) is 18.5 Å². The molecule has 2 aromatic carbocycles. The van der Waals surface area contributed by atoms with E-state index in [4.69, 9.17) is 21.1 Å². The second kappa shape index (κ2) is 6.67. The van der Waals surface area contributed by atoms with Crippen LogP contribution in [0.2, 0.25) is 5.02 Å². The van der Waals surface area contributed by atoms with Gasteiger partial charge in [-0.15, -0.1) is 0 Å². The zero-order valence-corrected chi connectivity index (χ0v) is 13.2. The molecule has 3 rings (SSSR count). The Morgan fingerprint density at radius 3 is 2.61 bits per heavy atom. The van der Waals surface area contributed by atoms with Crippen LogP contribution in [0.25, 0.3) is 6.08 Å². The van der Waals surface area contributed by atoms with E-state index in [1.54, 1.807) is 24.3 Å². The smallest absolute Gasteiger partial charge is 0.363 e. The van der Waals surface area contributed by atoms with Gasteiger partial charge >= 0.3 is 5.97 Å². The Labute approximate surface area is 139 Å². The second-order valence-electron chi connectivity index (χ2n) is 4.82. The maximum absolute atomic E-state index is 12.0. The molecule has 0 saturated carbocycles. The van der Waals surface area contributed by atoms with E-state index >= 15 is 0 Å². The summed E-state index contributed by atoms with van der Waals surface area (Å²) in [7, 11) is 0. The largest absolute Gasteiger partial charge is 0.494 e. The van der Waals surface area contributed by atoms with Gasteiger partial charge in [-0.25, -0.2) is 9.79 Å². The molecule has 0 unspecified atom stereocenters. The van der Waals surface area contributed by atoms with Gasteiger partial charge in [0.15, 0.2) is 5.70 Å². The van der Waals surface area contributed by atoms with Crippen molar-refractivity contribution in [1.82, 2.24) is 0 Å². The number of hydrogen-bond acceptors (Lipinski definition) is 4. The SMILES string of the molecule is CCOc1ccc(/C=C2/N=C(c3ccccc3Cl)OC2=O)cc1. The molecule has 0 radical (unpaired) electrons. The van der Waals surface area contributed by atoms with Crippen molar-refractivity contribution >= 4 is 29.5 Å². The first-order valence-corrected chi connectivity index (χ1v) is 7.55. The third kappa shape index (κ3) is 3.43. The number of nitrogens with zero attached hydrogens (tertiary/aromatic N) is 1. The maximum atomic E-state index is 12.0. The molecule has 116 valence electrons. The van der Waals surface area contributed by atoms with Gasteiger partial charge in [-0.05, 0) is 42.8 Å². The number of aliphatic imine (C=N–C) groups is 1. The van der Waals surface area contributed by atoms with Crippen LogP contribution in [0.1, 0.15) is 18.1 Å². The molecule has 1 heterocycles. The number of hydrogen-bond donors (Lipinski definition) is 0. The lowest BCUT2D eigenvalue weighted by atomic mass is 10.2. The van der Waals surface area contributed by atoms with Gasteiger partial charge < -0.3 is 9.47 Å². The van der Waals surface area contributed by atoms with Gasteiger partial charge in [0, 0.05) is 0 Å². The molecule has 2 aromatic rings. The number of halogens is 1. The van der Waals surface area contributed by atoms with E-state index in [0.29, 0.717) is 17.2 Å². The summed E-state index contributed by atoms with van der Waals surface area (Å²) >= 11 is 6.10. The number of rotatable bonds is 4. The quantitative estimate of drug-likeness (QED) is 0.628. The monoisotopic (exact) mass is 327 g/mol. The van der Waals surface area contributed by atoms with Gasteiger partial charge in [0.2, 0.25) is 5.90 Å². The average molecular weight is 328 g/mol. The van der Waals surface area contributed by atoms with Crippen LogP contribution in [0.5, 0.6) is 5.75 Å². The van der Waals surface area contributed by atoms with Crippen LogP contribution >= 0.6 is 11.6 Å². The third-order valence-corrected chi connectivity index (χ3v) is 3.55. The van der Waals surface area contributed by atoms with E-state index < -0.39 is 5.97 Å². The van der Waals surface area contributed by atoms with Crippen molar-refractivity contribution in [2.24, 2.45) is 4.99 Å². The van der Waals surface area contributed by atoms with E-state index in [2.05, 4.69) is 4.99 Å². The first kappa shape index (κ1) is 15.3. The molecule has 0 aliphatic carbocycles. The first-order valence-electron chi connectivity index (χ1n) is 7.17. The molecule has 0 bridgehead atoms. The van der Waals surface area contributed by atoms with Gasteiger partial charge in [-0.1, -0.05) is 35.9 Å². The van der Waals surface area contributed by atoms with Gasteiger partial charge in [0.1, 0.15) is 5.75 Å². The van der Waals surface area contributed by atoms with Gasteiger partial charge in [-0.3, -0.25) is 0 Å². The summed E-state index contributed by atoms with van der Waals surface area (Å²) in [6, 6.07) is 14.5. The van der Waals surface area contributed by atoms with Crippen molar-refractivity contribution in [3.8, 4) is 5.75 Å². The molecule has 1 aliphatic rings. The second-order valence-corrected chi connectivity index (χ2v) is 5.23. The average Bonchev–Trinajstić information content (AvgIpc) is 2.91. The zero-order valence-electron chi connectivity index (χ0n) is 12.5. The molecule has 23 heavy (non-hydrogen) atoms. The summed E-state index contributed by atoms with van der Waals surface area (Å²) in [5, 5.41) is 0.487. The number of ether oxygens (including phenoxy) is 2. The van der Waals surface area contributed by atoms with Crippen LogP contribution in [0, 0.1) is 0 Å². The van der Waals surface area contributed by atoms with Crippen molar-refractivity contribution in [3.05, 3.63) is 70.4 Å². The zero-order chi connectivity index (χ0) is 16.2. The standard InChI is InChI=1S/C18H14ClNO3/c1-2-22-13-9-7-12(8-10-13)11-16-18(21)23-17(20-16)14-5-3-4-6-15(14)19/h3-11H,2H2,1H3/b16-11+. The number of carbonyl (C=O) groups excluding carboxylic acids is 1. The predicted molar refractivity (Wildman–Crippen MR) is 89.7 cm³/mol. The molecule has 0 N–H and O–H groups in total. The summed E-state index contributed by atoms with van der Waals surface area (Å²) in [6.07, 6.45) is 1.67. The molecule has 1 aliphatic heterocycles. The summed E-state index contributed by atoms with van der Waals surface area (Å²) in [4.78, 5) is 16.2. The van der Waals surface area contributed by atoms with E-state index in [0.717, 1.165) is 11.3 Å². The molecule has 4 nitrogen and oxygen atoms in total. The number of carbonyl (C=O) groups is 1. The minimum absolute atomic E-state index is 0.220. The predicted octanol–water partition coefficient (Wildman–Crippen LogP) is 4.08. The van der Waals surface area contributed by atoms with Crippen molar-refractivity contribution in [2.75, 3.05) is 6.61 Å². The number of benzene rings is 2. The highest BCUT2D eigenvalue weighted by Crippen LogP contribution is 2.24. The Kier molecular flexibility index (Phi) is 4.44. The van der Waals surface area contributed by atoms with Crippen LogP contribution in [-0.2, 0) is 9.53 Å². The van der Waals surface area contributed by atoms with Crippen molar-refractivity contribution in [1.29, 1.82) is 0 Å². The third-order valence-electron chi connectivity index (χ3n) is 3.22. The molecule has 0 saturated heterocycles. The minimum atomic E-state index is -0.492. The topological polar surface area (TPSA) is 47.9 Å². The molecule has 0 spiro atoms. The number of cyclic esters (lactones) is 1. The molecular weight excluding hydrogens is 314 g/mol. The Bertz CT molecular complexity index is 794. The number of esters is 1. The fraction of sp³-hybridized carbons (Fsp3) is 0.111. The molecule has 5 heteroatoms. The highest BCUT2D eigenvalue weighted by molar-refractivity contribution is 6.34. The molecule has 0 atom stereocenters. The summed E-state index contributed by atoms with van der Waals surface area (Å²) in [5.74, 6) is 0.510. The van der Waals surface area contributed by atoms with Crippen molar-refractivity contribution in [2.45, 2.75) is 6.92 Å². The van der Waals surface area contributed by atoms with Gasteiger partial charge in [0.05, 0.1) is 17.2 Å². The first-order chi connectivity index (χ1) is 11.2. The Balaban J connectivity index is 1.87. The van der Waals surface area contributed by atoms with Crippen LogP contribution < -0.4 is 4.74 Å². The van der Waals surface area contributed by atoms with Crippen LogP contribution in [0.3, 0.4) is 0 Å². The summed E-state index contributed by atoms with van der Waals surface area (Å²) in [5.41, 5.74) is 1.67. The lowest BCUT2D eigenvalue weighted by molar-refractivity contribution is -0.129. The van der Waals surface area contributed by atoms with Crippen molar-refractivity contribution in [3.63, 3.8) is 0 Å². The van der Waals surface area contributed by atoms with E-state index in [1.165, 1.54) is 0 Å². The van der Waals surface area contributed by atoms with E-state index in [1.807, 2.05) is 37.3 Å². The fourth-order valence-electron chi connectivity index (χ4n) is 2.14. The lowest BCUT2D eigenvalue weighted by Gasteiger charge is -2.02. The van der Waals surface area contributed by atoms with Crippen LogP contribution in [0.4, 0.5) is 0 Å². The Morgan fingerprint density at radius 2 is 1.91 bits per heavy atom. The van der Waals surface area contributed by atoms with Crippen molar-refractivity contribution < 1.29 is 14.3 Å². The Hall–Kier alpha value is -2.59. The van der Waals surface area contributed by atoms with Gasteiger partial charge in [0.25, 0.3) is 0 Å². The maximum Gasteiger partial charge on any atom is 0.363 e. The lowest BCUT2D eigenvalue weighted by Crippen LogP contribution is -2.05. The molecule has 0 fully saturated rings. The van der Waals surface area contributed by atoms with E-state index in [-0.39, 0.29) is 11.6 Å². The highest BCUT2D eigenvalue weighted by Gasteiger charge is 2.25. The van der Waals surface area contributed by atoms with Gasteiger partial charge in [-0.2, -0.15) is 0 Å².